The molecule has 0 saturated carbocycles. The van der Waals surface area contributed by atoms with E-state index >= 15 is 0 Å². The molecule has 5 nitrogen and oxygen atoms in total. The van der Waals surface area contributed by atoms with Gasteiger partial charge in [-0.05, 0) is 55.9 Å². The molecule has 0 fully saturated rings. The Bertz CT molecular complexity index is 1020. The summed E-state index contributed by atoms with van der Waals surface area (Å²) < 4.78 is 8.36. The number of para-hydroxylation sites is 3. The van der Waals surface area contributed by atoms with Crippen molar-refractivity contribution < 1.29 is 9.53 Å². The third-order valence-corrected chi connectivity index (χ3v) is 6.11. The second-order valence-corrected chi connectivity index (χ2v) is 8.75. The lowest BCUT2D eigenvalue weighted by molar-refractivity contribution is -0.125. The molecule has 32 heavy (non-hydrogen) atoms. The van der Waals surface area contributed by atoms with Crippen molar-refractivity contribution in [2.24, 2.45) is 5.92 Å². The number of amides is 1. The van der Waals surface area contributed by atoms with E-state index in [1.54, 1.807) is 0 Å². The monoisotopic (exact) mass is 435 g/mol. The molecule has 0 saturated heterocycles. The van der Waals surface area contributed by atoms with Crippen LogP contribution in [0.25, 0.3) is 11.0 Å². The van der Waals surface area contributed by atoms with Crippen LogP contribution >= 0.6 is 0 Å². The molecule has 1 unspecified atom stereocenters. The summed E-state index contributed by atoms with van der Waals surface area (Å²) in [6, 6.07) is 16.3. The fraction of sp³-hybridized carbons (Fsp3) is 0.481. The number of carbonyl (C=O) groups excluding carboxylic acids is 1. The Kier molecular flexibility index (Phi) is 8.32. The van der Waals surface area contributed by atoms with Crippen LogP contribution in [0.15, 0.2) is 48.5 Å². The summed E-state index contributed by atoms with van der Waals surface area (Å²) in [6.07, 6.45) is 2.55. The van der Waals surface area contributed by atoms with Gasteiger partial charge in [-0.3, -0.25) is 4.79 Å². The summed E-state index contributed by atoms with van der Waals surface area (Å²) in [7, 11) is 0. The first-order valence-electron chi connectivity index (χ1n) is 11.9. The minimum atomic E-state index is -0.155. The lowest BCUT2D eigenvalue weighted by Crippen LogP contribution is -2.33. The largest absolute Gasteiger partial charge is 0.493 e. The number of fused-ring (bicyclic) bond motifs is 1. The molecule has 1 heterocycles. The van der Waals surface area contributed by atoms with Crippen LogP contribution in [0.5, 0.6) is 5.75 Å². The maximum atomic E-state index is 12.7. The van der Waals surface area contributed by atoms with Crippen LogP contribution in [0, 0.1) is 5.92 Å². The van der Waals surface area contributed by atoms with E-state index in [0.29, 0.717) is 12.5 Å². The number of nitrogens with zero attached hydrogens (tertiary/aromatic N) is 2. The van der Waals surface area contributed by atoms with Gasteiger partial charge in [0.25, 0.3) is 0 Å². The molecule has 2 aromatic carbocycles. The average molecular weight is 436 g/mol. The van der Waals surface area contributed by atoms with Crippen molar-refractivity contribution >= 4 is 16.9 Å². The molecule has 1 N–H and O–H groups in total. The zero-order valence-electron chi connectivity index (χ0n) is 20.1. The first-order valence-corrected chi connectivity index (χ1v) is 11.9. The fourth-order valence-corrected chi connectivity index (χ4v) is 4.21. The second kappa shape index (κ2) is 11.2. The molecule has 1 amide bonds. The van der Waals surface area contributed by atoms with Gasteiger partial charge in [-0.25, -0.2) is 4.98 Å². The molecule has 172 valence electrons. The van der Waals surface area contributed by atoms with Crippen LogP contribution in [0.2, 0.25) is 0 Å². The summed E-state index contributed by atoms with van der Waals surface area (Å²) in [6.45, 7) is 11.9. The number of imidazole rings is 1. The van der Waals surface area contributed by atoms with Crippen molar-refractivity contribution in [3.8, 4) is 5.75 Å². The Morgan fingerprint density at radius 1 is 1.03 bits per heavy atom. The highest BCUT2D eigenvalue weighted by Gasteiger charge is 2.21. The zero-order valence-corrected chi connectivity index (χ0v) is 20.1. The van der Waals surface area contributed by atoms with Crippen LogP contribution in [-0.4, -0.2) is 22.1 Å². The number of aryl methyl sites for hydroxylation is 1. The second-order valence-electron chi connectivity index (χ2n) is 8.75. The number of ether oxygens (including phenoxy) is 1. The van der Waals surface area contributed by atoms with Gasteiger partial charge in [-0.2, -0.15) is 0 Å². The molecule has 1 aromatic heterocycles. The summed E-state index contributed by atoms with van der Waals surface area (Å²) in [5, 5.41) is 3.18. The third-order valence-electron chi connectivity index (χ3n) is 6.11. The van der Waals surface area contributed by atoms with Gasteiger partial charge in [0.2, 0.25) is 5.91 Å². The molecule has 0 aliphatic rings. The smallest absolute Gasteiger partial charge is 0.223 e. The summed E-state index contributed by atoms with van der Waals surface area (Å²) >= 11 is 0. The highest BCUT2D eigenvalue weighted by atomic mass is 16.5. The Balaban J connectivity index is 1.73. The standard InChI is InChI=1S/C27H37N3O2/c1-6-21(7-2)27(31)28-20(5)26-29-23-14-9-10-15-24(23)30(26)17-12-18-32-25-16-11-8-13-22(25)19(3)4/h8-11,13-16,19-21H,6-7,12,17-18H2,1-5H3,(H,28,31). The predicted molar refractivity (Wildman–Crippen MR) is 131 cm³/mol. The van der Waals surface area contributed by atoms with E-state index in [2.05, 4.69) is 55.8 Å². The minimum absolute atomic E-state index is 0.0460. The molecule has 3 aromatic rings. The number of rotatable bonds is 11. The van der Waals surface area contributed by atoms with Crippen molar-refractivity contribution in [1.82, 2.24) is 14.9 Å². The summed E-state index contributed by atoms with van der Waals surface area (Å²) in [4.78, 5) is 17.5. The van der Waals surface area contributed by atoms with Crippen molar-refractivity contribution in [1.29, 1.82) is 0 Å². The molecule has 0 radical (unpaired) electrons. The SMILES string of the molecule is CCC(CC)C(=O)NC(C)c1nc2ccccc2n1CCCOc1ccccc1C(C)C. The average Bonchev–Trinajstić information content (AvgIpc) is 3.16. The molecular formula is C27H37N3O2. The number of carbonyl (C=O) groups is 1. The van der Waals surface area contributed by atoms with Crippen LogP contribution in [-0.2, 0) is 11.3 Å². The van der Waals surface area contributed by atoms with Crippen LogP contribution in [0.3, 0.4) is 0 Å². The highest BCUT2D eigenvalue weighted by Crippen LogP contribution is 2.26. The molecule has 5 heteroatoms. The Labute approximate surface area is 192 Å². The highest BCUT2D eigenvalue weighted by molar-refractivity contribution is 5.79. The van der Waals surface area contributed by atoms with Gasteiger partial charge in [0, 0.05) is 12.5 Å². The molecule has 3 rings (SSSR count). The molecule has 0 aliphatic heterocycles. The van der Waals surface area contributed by atoms with Crippen molar-refractivity contribution in [2.45, 2.75) is 72.4 Å². The summed E-state index contributed by atoms with van der Waals surface area (Å²) in [5.74, 6) is 2.44. The van der Waals surface area contributed by atoms with Gasteiger partial charge in [0.05, 0.1) is 23.7 Å². The number of hydrogen-bond donors (Lipinski definition) is 1. The molecule has 0 aliphatic carbocycles. The lowest BCUT2D eigenvalue weighted by Gasteiger charge is -2.20. The van der Waals surface area contributed by atoms with Crippen molar-refractivity contribution in [3.05, 3.63) is 59.9 Å². The molecule has 1 atom stereocenters. The lowest BCUT2D eigenvalue weighted by atomic mass is 10.0. The van der Waals surface area contributed by atoms with Crippen molar-refractivity contribution in [2.75, 3.05) is 6.61 Å². The van der Waals surface area contributed by atoms with E-state index < -0.39 is 0 Å². The Morgan fingerprint density at radius 2 is 1.72 bits per heavy atom. The van der Waals surface area contributed by atoms with Crippen LogP contribution < -0.4 is 10.1 Å². The van der Waals surface area contributed by atoms with Gasteiger partial charge in [-0.1, -0.05) is 58.0 Å². The topological polar surface area (TPSA) is 56.2 Å². The molecular weight excluding hydrogens is 398 g/mol. The van der Waals surface area contributed by atoms with Gasteiger partial charge < -0.3 is 14.6 Å². The first kappa shape index (κ1) is 23.8. The van der Waals surface area contributed by atoms with Gasteiger partial charge in [-0.15, -0.1) is 0 Å². The fourth-order valence-electron chi connectivity index (χ4n) is 4.21. The van der Waals surface area contributed by atoms with Crippen LogP contribution in [0.4, 0.5) is 0 Å². The Hall–Kier alpha value is -2.82. The first-order chi connectivity index (χ1) is 15.5. The Morgan fingerprint density at radius 3 is 2.44 bits per heavy atom. The number of aromatic nitrogens is 2. The van der Waals surface area contributed by atoms with E-state index in [9.17, 15) is 4.79 Å². The quantitative estimate of drug-likeness (QED) is 0.363. The number of hydrogen-bond acceptors (Lipinski definition) is 3. The van der Waals surface area contributed by atoms with Gasteiger partial charge >= 0.3 is 0 Å². The molecule has 0 spiro atoms. The van der Waals surface area contributed by atoms with E-state index in [-0.39, 0.29) is 17.9 Å². The van der Waals surface area contributed by atoms with E-state index in [0.717, 1.165) is 48.4 Å². The maximum absolute atomic E-state index is 12.7. The summed E-state index contributed by atoms with van der Waals surface area (Å²) in [5.41, 5.74) is 3.28. The van der Waals surface area contributed by atoms with Gasteiger partial charge in [0.15, 0.2) is 0 Å². The van der Waals surface area contributed by atoms with E-state index in [1.807, 2.05) is 37.3 Å². The number of nitrogens with one attached hydrogen (secondary N) is 1. The maximum Gasteiger partial charge on any atom is 0.223 e. The van der Waals surface area contributed by atoms with Gasteiger partial charge in [0.1, 0.15) is 11.6 Å². The van der Waals surface area contributed by atoms with E-state index in [1.165, 1.54) is 5.56 Å². The minimum Gasteiger partial charge on any atom is -0.493 e. The molecule has 0 bridgehead atoms. The third kappa shape index (κ3) is 5.50. The van der Waals surface area contributed by atoms with Crippen LogP contribution in [0.1, 0.15) is 77.2 Å². The van der Waals surface area contributed by atoms with E-state index in [4.69, 9.17) is 9.72 Å². The number of benzene rings is 2. The normalized spacial score (nSPS) is 12.5. The predicted octanol–water partition coefficient (Wildman–Crippen LogP) is 6.24. The van der Waals surface area contributed by atoms with Crippen molar-refractivity contribution in [3.63, 3.8) is 0 Å². The zero-order chi connectivity index (χ0) is 23.1.